The molecule has 16 heteroatoms. The lowest BCUT2D eigenvalue weighted by Gasteiger charge is -2.25. The van der Waals surface area contributed by atoms with Gasteiger partial charge in [0.2, 0.25) is 17.7 Å². The first kappa shape index (κ1) is 32.5. The van der Waals surface area contributed by atoms with Crippen LogP contribution in [-0.2, 0) is 32.0 Å². The molecule has 13 N–H and O–H groups in total. The predicted octanol–water partition coefficient (Wildman–Crippen LogP) is -2.80. The summed E-state index contributed by atoms with van der Waals surface area (Å²) in [6.07, 6.45) is 1.77. The van der Waals surface area contributed by atoms with E-state index in [1.807, 2.05) is 0 Å². The molecule has 1 heterocycles. The summed E-state index contributed by atoms with van der Waals surface area (Å²) in [6, 6.07) is 0.697. The average molecular weight is 576 g/mol. The maximum absolute atomic E-state index is 13.3. The molecule has 0 saturated heterocycles. The Balaban J connectivity index is 2.23. The molecule has 0 aliphatic heterocycles. The molecule has 0 aliphatic rings. The van der Waals surface area contributed by atoms with Crippen LogP contribution in [0.15, 0.2) is 41.8 Å². The van der Waals surface area contributed by atoms with E-state index in [0.717, 1.165) is 0 Å². The quantitative estimate of drug-likeness (QED) is 0.0554. The van der Waals surface area contributed by atoms with E-state index in [1.165, 1.54) is 43.7 Å². The number of aromatic hydroxyl groups is 1. The highest BCUT2D eigenvalue weighted by molar-refractivity contribution is 5.94. The van der Waals surface area contributed by atoms with Crippen LogP contribution in [0.5, 0.6) is 5.75 Å². The maximum atomic E-state index is 13.3. The number of rotatable bonds is 16. The second kappa shape index (κ2) is 15.8. The number of aliphatic imine (C=N–C) groups is 1. The number of carboxylic acid groups (broad SMARTS) is 1. The Bertz CT molecular complexity index is 1180. The molecule has 5 atom stereocenters. The number of carbonyl (C=O) groups is 4. The van der Waals surface area contributed by atoms with Crippen molar-refractivity contribution < 1.29 is 34.5 Å². The molecule has 224 valence electrons. The first-order valence-electron chi connectivity index (χ1n) is 12.8. The molecular formula is C25H37N9O7. The zero-order chi connectivity index (χ0) is 30.5. The van der Waals surface area contributed by atoms with Gasteiger partial charge in [-0.3, -0.25) is 19.4 Å². The van der Waals surface area contributed by atoms with Crippen LogP contribution in [0.1, 0.15) is 31.0 Å². The van der Waals surface area contributed by atoms with Crippen molar-refractivity contribution in [2.24, 2.45) is 22.2 Å². The average Bonchev–Trinajstić information content (AvgIpc) is 3.43. The van der Waals surface area contributed by atoms with Crippen molar-refractivity contribution in [2.75, 3.05) is 6.54 Å². The molecule has 0 radical (unpaired) electrons. The molecule has 5 unspecified atom stereocenters. The number of hydrogen-bond donors (Lipinski definition) is 10. The third-order valence-corrected chi connectivity index (χ3v) is 6.00. The number of guanidine groups is 1. The number of carboxylic acids is 1. The summed E-state index contributed by atoms with van der Waals surface area (Å²) >= 11 is 0. The van der Waals surface area contributed by atoms with Crippen LogP contribution >= 0.6 is 0 Å². The molecule has 0 spiro atoms. The Morgan fingerprint density at radius 3 is 2.15 bits per heavy atom. The van der Waals surface area contributed by atoms with E-state index in [1.54, 1.807) is 0 Å². The second-order valence-corrected chi connectivity index (χ2v) is 9.39. The van der Waals surface area contributed by atoms with Crippen molar-refractivity contribution in [2.45, 2.75) is 62.9 Å². The molecule has 41 heavy (non-hydrogen) atoms. The number of H-pyrrole nitrogens is 1. The normalized spacial score (nSPS) is 14.5. The number of nitrogens with zero attached hydrogens (tertiary/aromatic N) is 2. The first-order chi connectivity index (χ1) is 19.4. The van der Waals surface area contributed by atoms with Crippen molar-refractivity contribution >= 4 is 29.7 Å². The van der Waals surface area contributed by atoms with Crippen LogP contribution in [0.2, 0.25) is 0 Å². The number of nitrogens with two attached hydrogens (primary N) is 3. The Morgan fingerprint density at radius 2 is 1.59 bits per heavy atom. The van der Waals surface area contributed by atoms with Gasteiger partial charge in [0.1, 0.15) is 29.9 Å². The maximum Gasteiger partial charge on any atom is 0.326 e. The van der Waals surface area contributed by atoms with Gasteiger partial charge in [-0.15, -0.1) is 0 Å². The van der Waals surface area contributed by atoms with Crippen molar-refractivity contribution in [3.05, 3.63) is 48.0 Å². The number of aliphatic hydroxyl groups is 1. The number of nitrogens with one attached hydrogen (secondary N) is 4. The number of imidazole rings is 1. The highest BCUT2D eigenvalue weighted by Crippen LogP contribution is 2.12. The number of benzene rings is 1. The van der Waals surface area contributed by atoms with E-state index < -0.39 is 54.0 Å². The summed E-state index contributed by atoms with van der Waals surface area (Å²) in [4.78, 5) is 61.6. The topological polar surface area (TPSA) is 284 Å². The van der Waals surface area contributed by atoms with Crippen molar-refractivity contribution in [3.63, 3.8) is 0 Å². The molecule has 0 saturated carbocycles. The van der Waals surface area contributed by atoms with Gasteiger partial charge in [-0.2, -0.15) is 0 Å². The summed E-state index contributed by atoms with van der Waals surface area (Å²) in [6.45, 7) is 1.47. The second-order valence-electron chi connectivity index (χ2n) is 9.39. The number of aromatic nitrogens is 2. The number of aromatic amines is 1. The zero-order valence-electron chi connectivity index (χ0n) is 22.5. The van der Waals surface area contributed by atoms with Gasteiger partial charge < -0.3 is 53.5 Å². The minimum Gasteiger partial charge on any atom is -0.508 e. The Kier molecular flexibility index (Phi) is 12.5. The third-order valence-electron chi connectivity index (χ3n) is 6.00. The van der Waals surface area contributed by atoms with E-state index in [4.69, 9.17) is 17.2 Å². The van der Waals surface area contributed by atoms with Gasteiger partial charge in [-0.1, -0.05) is 12.1 Å². The molecule has 2 aromatic rings. The lowest BCUT2D eigenvalue weighted by molar-refractivity contribution is -0.142. The largest absolute Gasteiger partial charge is 0.508 e. The van der Waals surface area contributed by atoms with Gasteiger partial charge in [0, 0.05) is 31.3 Å². The number of phenols is 1. The lowest BCUT2D eigenvalue weighted by atomic mass is 10.0. The Morgan fingerprint density at radius 1 is 0.976 bits per heavy atom. The molecular weight excluding hydrogens is 538 g/mol. The van der Waals surface area contributed by atoms with Gasteiger partial charge in [0.15, 0.2) is 5.96 Å². The smallest absolute Gasteiger partial charge is 0.326 e. The fraction of sp³-hybridized carbons (Fsp3) is 0.440. The van der Waals surface area contributed by atoms with E-state index in [-0.39, 0.29) is 43.9 Å². The lowest BCUT2D eigenvalue weighted by Crippen LogP contribution is -2.58. The van der Waals surface area contributed by atoms with Gasteiger partial charge >= 0.3 is 5.97 Å². The van der Waals surface area contributed by atoms with Gasteiger partial charge in [0.25, 0.3) is 0 Å². The van der Waals surface area contributed by atoms with Crippen LogP contribution in [0, 0.1) is 0 Å². The summed E-state index contributed by atoms with van der Waals surface area (Å²) in [5.74, 6) is -3.81. The highest BCUT2D eigenvalue weighted by Gasteiger charge is 2.31. The molecule has 2 rings (SSSR count). The Hall–Kier alpha value is -4.70. The fourth-order valence-corrected chi connectivity index (χ4v) is 3.70. The SMILES string of the molecule is CC(O)C(N)C(=O)NC(CCCN=C(N)N)C(=O)NC(Cc1cnc[nH]1)C(=O)NC(Cc1ccc(O)cc1)C(=O)O. The molecule has 1 aromatic heterocycles. The minimum absolute atomic E-state index is 0.00124. The molecule has 0 fully saturated rings. The van der Waals surface area contributed by atoms with Crippen molar-refractivity contribution in [3.8, 4) is 5.75 Å². The van der Waals surface area contributed by atoms with Crippen molar-refractivity contribution in [1.82, 2.24) is 25.9 Å². The molecule has 0 aliphatic carbocycles. The number of aliphatic hydroxyl groups excluding tert-OH is 1. The standard InChI is InChI=1S/C25H37N9O7/c1-13(35)20(26)23(39)32-17(3-2-8-30-25(27)28)21(37)33-18(10-15-11-29-12-31-15)22(38)34-19(24(40)41)9-14-4-6-16(36)7-5-14/h4-7,11-13,17-20,35-36H,2-3,8-10,26H2,1H3,(H,29,31)(H,32,39)(H,33,37)(H,34,38)(H,40,41)(H4,27,28,30). The van der Waals surface area contributed by atoms with Crippen LogP contribution in [0.25, 0.3) is 0 Å². The summed E-state index contributed by atoms with van der Waals surface area (Å²) < 4.78 is 0. The minimum atomic E-state index is -1.35. The van der Waals surface area contributed by atoms with Crippen LogP contribution in [0.3, 0.4) is 0 Å². The summed E-state index contributed by atoms with van der Waals surface area (Å²) in [7, 11) is 0. The fourth-order valence-electron chi connectivity index (χ4n) is 3.70. The van der Waals surface area contributed by atoms with E-state index in [2.05, 4.69) is 30.9 Å². The van der Waals surface area contributed by atoms with E-state index in [0.29, 0.717) is 11.3 Å². The van der Waals surface area contributed by atoms with Gasteiger partial charge in [-0.25, -0.2) is 9.78 Å². The van der Waals surface area contributed by atoms with Gasteiger partial charge in [0.05, 0.1) is 12.4 Å². The summed E-state index contributed by atoms with van der Waals surface area (Å²) in [5.41, 5.74) is 17.4. The van der Waals surface area contributed by atoms with Crippen LogP contribution in [-0.4, -0.2) is 91.8 Å². The number of phenolic OH excluding ortho intramolecular Hbond substituents is 1. The van der Waals surface area contributed by atoms with E-state index >= 15 is 0 Å². The molecule has 1 aromatic carbocycles. The number of hydrogen-bond acceptors (Lipinski definition) is 9. The van der Waals surface area contributed by atoms with E-state index in [9.17, 15) is 34.5 Å². The summed E-state index contributed by atoms with van der Waals surface area (Å²) in [5, 5.41) is 36.4. The monoisotopic (exact) mass is 575 g/mol. The van der Waals surface area contributed by atoms with Crippen LogP contribution in [0.4, 0.5) is 0 Å². The molecule has 16 nitrogen and oxygen atoms in total. The van der Waals surface area contributed by atoms with Gasteiger partial charge in [-0.05, 0) is 37.5 Å². The third kappa shape index (κ3) is 11.1. The first-order valence-corrected chi connectivity index (χ1v) is 12.8. The number of amides is 3. The molecule has 0 bridgehead atoms. The Labute approximate surface area is 235 Å². The van der Waals surface area contributed by atoms with Crippen molar-refractivity contribution in [1.29, 1.82) is 0 Å². The molecule has 3 amide bonds. The van der Waals surface area contributed by atoms with Crippen LogP contribution < -0.4 is 33.2 Å². The predicted molar refractivity (Wildman–Crippen MR) is 147 cm³/mol. The number of aliphatic carboxylic acids is 1. The highest BCUT2D eigenvalue weighted by atomic mass is 16.4. The zero-order valence-corrected chi connectivity index (χ0v) is 22.5. The number of carbonyl (C=O) groups excluding carboxylic acids is 3.